The number of benzene rings is 1. The molecule has 0 bridgehead atoms. The summed E-state index contributed by atoms with van der Waals surface area (Å²) in [5, 5.41) is 7.97. The molecule has 114 valence electrons. The van der Waals surface area contributed by atoms with E-state index < -0.39 is 0 Å². The highest BCUT2D eigenvalue weighted by Gasteiger charge is 2.38. The lowest BCUT2D eigenvalue weighted by molar-refractivity contribution is 0.130. The minimum Gasteiger partial charge on any atom is -0.351 e. The maximum absolute atomic E-state index is 6.18. The van der Waals surface area contributed by atoms with Gasteiger partial charge in [0.15, 0.2) is 5.96 Å². The number of hydrogen-bond acceptors (Lipinski definition) is 3. The van der Waals surface area contributed by atoms with Crippen LogP contribution in [0.5, 0.6) is 0 Å². The monoisotopic (exact) mass is 325 g/mol. The molecule has 1 aliphatic heterocycles. The van der Waals surface area contributed by atoms with E-state index in [9.17, 15) is 0 Å². The molecule has 1 fully saturated rings. The minimum absolute atomic E-state index is 0.457. The predicted molar refractivity (Wildman–Crippen MR) is 90.4 cm³/mol. The van der Waals surface area contributed by atoms with E-state index in [1.165, 1.54) is 25.7 Å². The van der Waals surface area contributed by atoms with E-state index >= 15 is 0 Å². The standard InChI is InChI=1S/C16H21Cl2N3/c1-2-4-10-7-8-11(10)14-9-19-16(20-14)21-15-12(17)5-3-6-13(15)18/h3,5-6,10-11,14H,2,4,7-9H2,1H3,(H2,19,20,21). The van der Waals surface area contributed by atoms with Crippen molar-refractivity contribution in [2.24, 2.45) is 16.8 Å². The Bertz CT molecular complexity index is 524. The van der Waals surface area contributed by atoms with Crippen molar-refractivity contribution in [3.63, 3.8) is 0 Å². The minimum atomic E-state index is 0.457. The van der Waals surface area contributed by atoms with Crippen molar-refractivity contribution in [2.45, 2.75) is 38.6 Å². The van der Waals surface area contributed by atoms with Crippen molar-refractivity contribution in [1.82, 2.24) is 5.32 Å². The largest absolute Gasteiger partial charge is 0.351 e. The van der Waals surface area contributed by atoms with Crippen LogP contribution in [-0.4, -0.2) is 18.5 Å². The van der Waals surface area contributed by atoms with Crippen molar-refractivity contribution in [3.8, 4) is 0 Å². The van der Waals surface area contributed by atoms with Gasteiger partial charge in [-0.05, 0) is 36.8 Å². The van der Waals surface area contributed by atoms with E-state index in [1.807, 2.05) is 18.2 Å². The van der Waals surface area contributed by atoms with Gasteiger partial charge in [-0.15, -0.1) is 0 Å². The molecular weight excluding hydrogens is 305 g/mol. The molecule has 5 heteroatoms. The molecule has 2 aliphatic rings. The van der Waals surface area contributed by atoms with Crippen LogP contribution in [0.4, 0.5) is 5.69 Å². The summed E-state index contributed by atoms with van der Waals surface area (Å²) in [5.74, 6) is 2.41. The summed E-state index contributed by atoms with van der Waals surface area (Å²) in [6.07, 6.45) is 5.30. The Hall–Kier alpha value is -0.930. The second-order valence-corrected chi connectivity index (χ2v) is 6.77. The number of rotatable bonds is 4. The Kier molecular flexibility index (Phi) is 4.60. The van der Waals surface area contributed by atoms with E-state index in [-0.39, 0.29) is 0 Å². The third-order valence-electron chi connectivity index (χ3n) is 4.63. The van der Waals surface area contributed by atoms with Crippen molar-refractivity contribution in [1.29, 1.82) is 0 Å². The van der Waals surface area contributed by atoms with Crippen LogP contribution < -0.4 is 10.6 Å². The van der Waals surface area contributed by atoms with Crippen LogP contribution in [0.1, 0.15) is 32.6 Å². The van der Waals surface area contributed by atoms with Gasteiger partial charge < -0.3 is 10.6 Å². The quantitative estimate of drug-likeness (QED) is 0.851. The van der Waals surface area contributed by atoms with Crippen molar-refractivity contribution in [3.05, 3.63) is 28.2 Å². The molecule has 1 aromatic carbocycles. The third-order valence-corrected chi connectivity index (χ3v) is 5.26. The lowest BCUT2D eigenvalue weighted by Crippen LogP contribution is -2.46. The second-order valence-electron chi connectivity index (χ2n) is 5.95. The van der Waals surface area contributed by atoms with Crippen molar-refractivity contribution in [2.75, 3.05) is 11.9 Å². The molecule has 1 aliphatic carbocycles. The lowest BCUT2D eigenvalue weighted by atomic mass is 9.68. The van der Waals surface area contributed by atoms with Crippen LogP contribution in [0.15, 0.2) is 23.2 Å². The molecule has 1 heterocycles. The number of nitrogens with one attached hydrogen (secondary N) is 2. The van der Waals surface area contributed by atoms with Crippen LogP contribution in [0.2, 0.25) is 10.0 Å². The number of guanidine groups is 1. The number of halogens is 2. The normalized spacial score (nSPS) is 27.8. The first-order chi connectivity index (χ1) is 10.2. The Morgan fingerprint density at radius 3 is 2.67 bits per heavy atom. The average molecular weight is 326 g/mol. The number of para-hydroxylation sites is 1. The summed E-state index contributed by atoms with van der Waals surface area (Å²) >= 11 is 12.4. The van der Waals surface area contributed by atoms with E-state index in [1.54, 1.807) is 0 Å². The van der Waals surface area contributed by atoms with Crippen LogP contribution in [-0.2, 0) is 0 Å². The zero-order valence-electron chi connectivity index (χ0n) is 12.2. The van der Waals surface area contributed by atoms with E-state index in [0.29, 0.717) is 16.1 Å². The van der Waals surface area contributed by atoms with Crippen LogP contribution in [0, 0.1) is 11.8 Å². The average Bonchev–Trinajstić information content (AvgIpc) is 2.87. The Labute approximate surface area is 136 Å². The highest BCUT2D eigenvalue weighted by molar-refractivity contribution is 6.39. The molecule has 3 atom stereocenters. The van der Waals surface area contributed by atoms with Crippen LogP contribution in [0.3, 0.4) is 0 Å². The molecule has 0 spiro atoms. The maximum Gasteiger partial charge on any atom is 0.196 e. The molecule has 1 aromatic rings. The summed E-state index contributed by atoms with van der Waals surface area (Å²) in [6.45, 7) is 3.11. The number of nitrogens with zero attached hydrogens (tertiary/aromatic N) is 1. The van der Waals surface area contributed by atoms with Crippen LogP contribution >= 0.6 is 23.2 Å². The molecule has 0 aromatic heterocycles. The van der Waals surface area contributed by atoms with Gasteiger partial charge in [0.05, 0.1) is 28.3 Å². The summed E-state index contributed by atoms with van der Waals surface area (Å²) in [4.78, 5) is 4.57. The molecule has 0 radical (unpaired) electrons. The predicted octanol–water partition coefficient (Wildman–Crippen LogP) is 4.56. The third kappa shape index (κ3) is 3.14. The van der Waals surface area contributed by atoms with Gasteiger partial charge in [-0.25, -0.2) is 0 Å². The lowest BCUT2D eigenvalue weighted by Gasteiger charge is -2.40. The van der Waals surface area contributed by atoms with E-state index in [2.05, 4.69) is 22.5 Å². The molecule has 3 nitrogen and oxygen atoms in total. The SMILES string of the molecule is CCCC1CCC1C1CN=C(Nc2c(Cl)cccc2Cl)N1. The summed E-state index contributed by atoms with van der Waals surface area (Å²) in [6, 6.07) is 5.95. The van der Waals surface area contributed by atoms with Gasteiger partial charge in [-0.3, -0.25) is 4.99 Å². The van der Waals surface area contributed by atoms with Gasteiger partial charge in [0.25, 0.3) is 0 Å². The molecule has 21 heavy (non-hydrogen) atoms. The fraction of sp³-hybridized carbons (Fsp3) is 0.562. The zero-order chi connectivity index (χ0) is 14.8. The molecule has 3 rings (SSSR count). The van der Waals surface area contributed by atoms with E-state index in [0.717, 1.165) is 30.0 Å². The molecule has 1 saturated carbocycles. The fourth-order valence-corrected chi connectivity index (χ4v) is 3.86. The second kappa shape index (κ2) is 6.45. The van der Waals surface area contributed by atoms with Gasteiger partial charge in [0.2, 0.25) is 0 Å². The first-order valence-electron chi connectivity index (χ1n) is 7.71. The first-order valence-corrected chi connectivity index (χ1v) is 8.46. The molecule has 0 amide bonds. The van der Waals surface area contributed by atoms with Gasteiger partial charge in [-0.1, -0.05) is 49.0 Å². The van der Waals surface area contributed by atoms with Gasteiger partial charge in [-0.2, -0.15) is 0 Å². The summed E-state index contributed by atoms with van der Waals surface area (Å²) < 4.78 is 0. The van der Waals surface area contributed by atoms with Gasteiger partial charge in [0, 0.05) is 0 Å². The number of aliphatic imine (C=N–C) groups is 1. The Morgan fingerprint density at radius 2 is 2.05 bits per heavy atom. The first kappa shape index (κ1) is 15.0. The topological polar surface area (TPSA) is 36.4 Å². The van der Waals surface area contributed by atoms with E-state index in [4.69, 9.17) is 23.2 Å². The number of hydrogen-bond donors (Lipinski definition) is 2. The van der Waals surface area contributed by atoms with Gasteiger partial charge >= 0.3 is 0 Å². The molecule has 2 N–H and O–H groups in total. The number of anilines is 1. The van der Waals surface area contributed by atoms with Crippen LogP contribution in [0.25, 0.3) is 0 Å². The molecule has 0 saturated heterocycles. The Balaban J connectivity index is 1.60. The fourth-order valence-electron chi connectivity index (χ4n) is 3.36. The highest BCUT2D eigenvalue weighted by Crippen LogP contribution is 2.40. The molecular formula is C16H21Cl2N3. The molecule has 3 unspecified atom stereocenters. The highest BCUT2D eigenvalue weighted by atomic mass is 35.5. The zero-order valence-corrected chi connectivity index (χ0v) is 13.7. The van der Waals surface area contributed by atoms with Crippen molar-refractivity contribution < 1.29 is 0 Å². The van der Waals surface area contributed by atoms with Gasteiger partial charge in [0.1, 0.15) is 0 Å². The summed E-state index contributed by atoms with van der Waals surface area (Å²) in [7, 11) is 0. The Morgan fingerprint density at radius 1 is 1.29 bits per heavy atom. The maximum atomic E-state index is 6.18. The smallest absolute Gasteiger partial charge is 0.196 e. The summed E-state index contributed by atoms with van der Waals surface area (Å²) in [5.41, 5.74) is 0.728. The van der Waals surface area contributed by atoms with Crippen molar-refractivity contribution >= 4 is 34.8 Å².